The molecule has 0 aliphatic heterocycles. The second kappa shape index (κ2) is 5.95. The molecule has 21 heavy (non-hydrogen) atoms. The Balaban J connectivity index is 1.65. The van der Waals surface area contributed by atoms with E-state index in [9.17, 15) is 0 Å². The Morgan fingerprint density at radius 3 is 2.33 bits per heavy atom. The van der Waals surface area contributed by atoms with Crippen molar-refractivity contribution >= 4 is 11.6 Å². The highest BCUT2D eigenvalue weighted by molar-refractivity contribution is 6.21. The van der Waals surface area contributed by atoms with E-state index in [-0.39, 0.29) is 5.38 Å². The number of alkyl halides is 1. The number of fused-ring (bicyclic) bond motifs is 1. The van der Waals surface area contributed by atoms with Crippen LogP contribution >= 0.6 is 11.6 Å². The molecule has 3 rings (SSSR count). The van der Waals surface area contributed by atoms with Gasteiger partial charge in [0.2, 0.25) is 0 Å². The van der Waals surface area contributed by atoms with Crippen molar-refractivity contribution in [1.29, 1.82) is 0 Å². The van der Waals surface area contributed by atoms with Crippen LogP contribution in [0.3, 0.4) is 0 Å². The molecule has 0 amide bonds. The Hall–Kier alpha value is -0.490. The van der Waals surface area contributed by atoms with Crippen LogP contribution in [0, 0.1) is 17.3 Å². The van der Waals surface area contributed by atoms with Crippen LogP contribution in [0.25, 0.3) is 0 Å². The molecule has 0 bridgehead atoms. The summed E-state index contributed by atoms with van der Waals surface area (Å²) in [4.78, 5) is 0. The van der Waals surface area contributed by atoms with Crippen LogP contribution < -0.4 is 0 Å². The molecule has 1 aromatic carbocycles. The Labute approximate surface area is 135 Å². The maximum Gasteiger partial charge on any atom is 0.0613 e. The van der Waals surface area contributed by atoms with Gasteiger partial charge in [-0.1, -0.05) is 39.0 Å². The lowest BCUT2D eigenvalue weighted by atomic mass is 9.69. The molecule has 0 saturated heterocycles. The van der Waals surface area contributed by atoms with Gasteiger partial charge in [0.05, 0.1) is 5.38 Å². The highest BCUT2D eigenvalue weighted by Gasteiger charge is 2.32. The number of rotatable bonds is 2. The standard InChI is InChI=1S/C20H29Cl/c1-20(2,3)18-11-9-15(10-12-18)19(21)17-8-7-14-5-4-6-16(14)13-17/h7-8,13,15,18-19H,4-6,9-12H2,1-3H3. The molecule has 0 aromatic heterocycles. The fourth-order valence-electron chi connectivity index (χ4n) is 4.31. The number of aryl methyl sites for hydroxylation is 2. The molecule has 1 heteroatoms. The van der Waals surface area contributed by atoms with Crippen molar-refractivity contribution in [2.45, 2.75) is 71.1 Å². The van der Waals surface area contributed by atoms with Crippen molar-refractivity contribution in [1.82, 2.24) is 0 Å². The predicted molar refractivity (Wildman–Crippen MR) is 92.0 cm³/mol. The van der Waals surface area contributed by atoms with Crippen LogP contribution in [0.2, 0.25) is 0 Å². The minimum absolute atomic E-state index is 0.219. The fourth-order valence-corrected chi connectivity index (χ4v) is 4.70. The number of hydrogen-bond acceptors (Lipinski definition) is 0. The van der Waals surface area contributed by atoms with Gasteiger partial charge < -0.3 is 0 Å². The van der Waals surface area contributed by atoms with E-state index in [4.69, 9.17) is 11.6 Å². The van der Waals surface area contributed by atoms with Crippen molar-refractivity contribution < 1.29 is 0 Å². The number of halogens is 1. The van der Waals surface area contributed by atoms with Crippen LogP contribution in [0.5, 0.6) is 0 Å². The molecule has 0 radical (unpaired) electrons. The summed E-state index contributed by atoms with van der Waals surface area (Å²) in [5, 5.41) is 0.219. The zero-order valence-electron chi connectivity index (χ0n) is 13.8. The summed E-state index contributed by atoms with van der Waals surface area (Å²) in [5.41, 5.74) is 4.94. The van der Waals surface area contributed by atoms with E-state index >= 15 is 0 Å². The third kappa shape index (κ3) is 3.31. The molecule has 2 aliphatic rings. The van der Waals surface area contributed by atoms with Gasteiger partial charge in [-0.3, -0.25) is 0 Å². The van der Waals surface area contributed by atoms with Gasteiger partial charge in [-0.15, -0.1) is 11.6 Å². The monoisotopic (exact) mass is 304 g/mol. The molecule has 1 aromatic rings. The van der Waals surface area contributed by atoms with Crippen molar-refractivity contribution in [3.63, 3.8) is 0 Å². The van der Waals surface area contributed by atoms with Crippen LogP contribution in [-0.2, 0) is 12.8 Å². The lowest BCUT2D eigenvalue weighted by Gasteiger charge is -2.38. The molecule has 0 N–H and O–H groups in total. The summed E-state index contributed by atoms with van der Waals surface area (Å²) >= 11 is 6.85. The van der Waals surface area contributed by atoms with E-state index in [1.54, 1.807) is 11.1 Å². The molecule has 116 valence electrons. The van der Waals surface area contributed by atoms with Gasteiger partial charge in [0.15, 0.2) is 0 Å². The zero-order valence-corrected chi connectivity index (χ0v) is 14.5. The van der Waals surface area contributed by atoms with E-state index in [1.807, 2.05) is 0 Å². The molecule has 1 unspecified atom stereocenters. The van der Waals surface area contributed by atoms with Gasteiger partial charge in [-0.25, -0.2) is 0 Å². The molecule has 0 heterocycles. The van der Waals surface area contributed by atoms with Crippen molar-refractivity contribution in [2.24, 2.45) is 17.3 Å². The second-order valence-corrected chi connectivity index (χ2v) is 8.73. The first kappa shape index (κ1) is 15.4. The normalized spacial score (nSPS) is 27.4. The molecule has 0 spiro atoms. The minimum atomic E-state index is 0.219. The average molecular weight is 305 g/mol. The summed E-state index contributed by atoms with van der Waals surface area (Å²) in [7, 11) is 0. The van der Waals surface area contributed by atoms with Gasteiger partial charge in [-0.05, 0) is 78.9 Å². The van der Waals surface area contributed by atoms with E-state index in [1.165, 1.54) is 50.5 Å². The highest BCUT2D eigenvalue weighted by Crippen LogP contribution is 2.45. The van der Waals surface area contributed by atoms with Crippen LogP contribution in [0.15, 0.2) is 18.2 Å². The van der Waals surface area contributed by atoms with Crippen molar-refractivity contribution in [3.8, 4) is 0 Å². The maximum absolute atomic E-state index is 6.85. The molecule has 1 atom stereocenters. The van der Waals surface area contributed by atoms with E-state index in [0.29, 0.717) is 11.3 Å². The number of hydrogen-bond donors (Lipinski definition) is 0. The summed E-state index contributed by atoms with van der Waals surface area (Å²) in [6, 6.07) is 7.02. The third-order valence-corrected chi connectivity index (χ3v) is 6.46. The van der Waals surface area contributed by atoms with Gasteiger partial charge >= 0.3 is 0 Å². The topological polar surface area (TPSA) is 0 Å². The van der Waals surface area contributed by atoms with Crippen LogP contribution in [0.1, 0.15) is 74.9 Å². The van der Waals surface area contributed by atoms with Gasteiger partial charge in [0.25, 0.3) is 0 Å². The third-order valence-electron chi connectivity index (χ3n) is 5.85. The zero-order chi connectivity index (χ0) is 15.0. The van der Waals surface area contributed by atoms with Crippen molar-refractivity contribution in [3.05, 3.63) is 34.9 Å². The molecule has 1 fully saturated rings. The van der Waals surface area contributed by atoms with Gasteiger partial charge in [-0.2, -0.15) is 0 Å². The van der Waals surface area contributed by atoms with Crippen LogP contribution in [0.4, 0.5) is 0 Å². The lowest BCUT2D eigenvalue weighted by molar-refractivity contribution is 0.148. The van der Waals surface area contributed by atoms with Crippen molar-refractivity contribution in [2.75, 3.05) is 0 Å². The Kier molecular flexibility index (Phi) is 4.37. The summed E-state index contributed by atoms with van der Waals surface area (Å²) < 4.78 is 0. The Morgan fingerprint density at radius 1 is 1.00 bits per heavy atom. The molecular formula is C20H29Cl. The first-order valence-corrected chi connectivity index (χ1v) is 9.14. The molecule has 0 nitrogen and oxygen atoms in total. The van der Waals surface area contributed by atoms with Gasteiger partial charge in [0, 0.05) is 0 Å². The largest absolute Gasteiger partial charge is 0.118 e. The van der Waals surface area contributed by atoms with E-state index in [2.05, 4.69) is 39.0 Å². The predicted octanol–water partition coefficient (Wildman–Crippen LogP) is 6.31. The lowest BCUT2D eigenvalue weighted by Crippen LogP contribution is -2.27. The number of benzene rings is 1. The smallest absolute Gasteiger partial charge is 0.0613 e. The van der Waals surface area contributed by atoms with Gasteiger partial charge in [0.1, 0.15) is 0 Å². The quantitative estimate of drug-likeness (QED) is 0.562. The molecule has 1 saturated carbocycles. The summed E-state index contributed by atoms with van der Waals surface area (Å²) in [5.74, 6) is 1.54. The maximum atomic E-state index is 6.85. The minimum Gasteiger partial charge on any atom is -0.118 e. The average Bonchev–Trinajstić information content (AvgIpc) is 2.93. The summed E-state index contributed by atoms with van der Waals surface area (Å²) in [6.45, 7) is 7.16. The second-order valence-electron chi connectivity index (χ2n) is 8.26. The molecular weight excluding hydrogens is 276 g/mol. The van der Waals surface area contributed by atoms with Crippen LogP contribution in [-0.4, -0.2) is 0 Å². The first-order valence-electron chi connectivity index (χ1n) is 8.71. The SMILES string of the molecule is CC(C)(C)C1CCC(C(Cl)c2ccc3c(c2)CCC3)CC1. The fraction of sp³-hybridized carbons (Fsp3) is 0.700. The first-order chi connectivity index (χ1) is 9.95. The Morgan fingerprint density at radius 2 is 1.67 bits per heavy atom. The summed E-state index contributed by atoms with van der Waals surface area (Å²) in [6.07, 6.45) is 9.14. The van der Waals surface area contributed by atoms with E-state index in [0.717, 1.165) is 5.92 Å². The Bertz CT molecular complexity index is 489. The highest BCUT2D eigenvalue weighted by atomic mass is 35.5. The van der Waals surface area contributed by atoms with E-state index < -0.39 is 0 Å². The molecule has 2 aliphatic carbocycles.